The molecule has 2 atom stereocenters. The summed E-state index contributed by atoms with van der Waals surface area (Å²) in [7, 11) is 3.34. The Labute approximate surface area is 164 Å². The van der Waals surface area contributed by atoms with E-state index in [1.165, 1.54) is 11.1 Å². The Morgan fingerprint density at radius 2 is 1.14 bits per heavy atom. The van der Waals surface area contributed by atoms with Crippen molar-refractivity contribution < 1.29 is 28.4 Å². The van der Waals surface area contributed by atoms with Gasteiger partial charge in [0, 0.05) is 11.1 Å². The second kappa shape index (κ2) is 6.40. The van der Waals surface area contributed by atoms with Gasteiger partial charge in [-0.1, -0.05) is 13.8 Å². The van der Waals surface area contributed by atoms with Gasteiger partial charge < -0.3 is 28.4 Å². The zero-order valence-electron chi connectivity index (χ0n) is 16.6. The Bertz CT molecular complexity index is 874. The van der Waals surface area contributed by atoms with Crippen molar-refractivity contribution >= 4 is 0 Å². The topological polar surface area (TPSA) is 55.4 Å². The van der Waals surface area contributed by atoms with Crippen molar-refractivity contribution in [1.82, 2.24) is 0 Å². The molecule has 2 heterocycles. The minimum absolute atomic E-state index is 0.200. The van der Waals surface area contributed by atoms with Gasteiger partial charge in [-0.2, -0.15) is 0 Å². The van der Waals surface area contributed by atoms with Gasteiger partial charge >= 0.3 is 0 Å². The van der Waals surface area contributed by atoms with Crippen LogP contribution in [0.25, 0.3) is 11.1 Å². The number of benzene rings is 2. The number of fused-ring (bicyclic) bond motifs is 5. The van der Waals surface area contributed by atoms with Crippen molar-refractivity contribution in [2.24, 2.45) is 11.8 Å². The number of hydrogen-bond acceptors (Lipinski definition) is 6. The van der Waals surface area contributed by atoms with Gasteiger partial charge in [-0.25, -0.2) is 0 Å². The predicted octanol–water partition coefficient (Wildman–Crippen LogP) is 4.20. The van der Waals surface area contributed by atoms with Crippen molar-refractivity contribution in [2.45, 2.75) is 26.7 Å². The normalized spacial score (nSPS) is 21.4. The lowest BCUT2D eigenvalue weighted by molar-refractivity contribution is 0.171. The second-order valence-corrected chi connectivity index (χ2v) is 7.72. The van der Waals surface area contributed by atoms with Crippen molar-refractivity contribution in [1.29, 1.82) is 0 Å². The Balaban J connectivity index is 1.87. The SMILES string of the molecule is COc1c2c(cc3c1-c1c(cc4c(c1OC)OCO4)C[C@H](C)[C@H](C)C3)OCO2. The van der Waals surface area contributed by atoms with Crippen LogP contribution in [-0.2, 0) is 12.8 Å². The molecule has 0 aromatic heterocycles. The van der Waals surface area contributed by atoms with E-state index in [4.69, 9.17) is 28.4 Å². The summed E-state index contributed by atoms with van der Waals surface area (Å²) in [5, 5.41) is 0. The van der Waals surface area contributed by atoms with Crippen LogP contribution in [0.1, 0.15) is 25.0 Å². The molecule has 0 spiro atoms. The third-order valence-corrected chi connectivity index (χ3v) is 6.12. The summed E-state index contributed by atoms with van der Waals surface area (Å²) in [6.45, 7) is 4.98. The average molecular weight is 384 g/mol. The van der Waals surface area contributed by atoms with E-state index in [-0.39, 0.29) is 13.6 Å². The fourth-order valence-corrected chi connectivity index (χ4v) is 4.48. The fraction of sp³-hybridized carbons (Fsp3) is 0.455. The quantitative estimate of drug-likeness (QED) is 0.774. The summed E-state index contributed by atoms with van der Waals surface area (Å²) in [4.78, 5) is 0. The Morgan fingerprint density at radius 1 is 0.714 bits per heavy atom. The van der Waals surface area contributed by atoms with Gasteiger partial charge in [-0.05, 0) is 47.9 Å². The standard InChI is InChI=1S/C22H24O6/c1-11-5-13-7-15-19(27-9-25-15)21(23-3)17(13)18-14(6-12(11)2)8-16-20(22(18)24-4)28-10-26-16/h7-8,11-12H,5-6,9-10H2,1-4H3/t11-,12+. The number of rotatable bonds is 2. The third kappa shape index (κ3) is 2.40. The summed E-state index contributed by atoms with van der Waals surface area (Å²) in [6, 6.07) is 4.17. The molecule has 0 fully saturated rings. The molecular weight excluding hydrogens is 360 g/mol. The zero-order chi connectivity index (χ0) is 19.4. The van der Waals surface area contributed by atoms with Gasteiger partial charge in [0.15, 0.2) is 23.0 Å². The minimum atomic E-state index is 0.200. The van der Waals surface area contributed by atoms with Crippen LogP contribution in [0, 0.1) is 11.8 Å². The first-order valence-corrected chi connectivity index (χ1v) is 9.61. The van der Waals surface area contributed by atoms with E-state index in [9.17, 15) is 0 Å². The third-order valence-electron chi connectivity index (χ3n) is 6.12. The molecule has 0 radical (unpaired) electrons. The minimum Gasteiger partial charge on any atom is -0.492 e. The van der Waals surface area contributed by atoms with Crippen LogP contribution in [0.2, 0.25) is 0 Å². The van der Waals surface area contributed by atoms with E-state index in [1.807, 2.05) is 0 Å². The molecular formula is C22H24O6. The predicted molar refractivity (Wildman–Crippen MR) is 103 cm³/mol. The second-order valence-electron chi connectivity index (χ2n) is 7.72. The van der Waals surface area contributed by atoms with E-state index in [0.29, 0.717) is 34.8 Å². The van der Waals surface area contributed by atoms with Gasteiger partial charge in [0.25, 0.3) is 0 Å². The summed E-state index contributed by atoms with van der Waals surface area (Å²) >= 11 is 0. The summed E-state index contributed by atoms with van der Waals surface area (Å²) in [6.07, 6.45) is 1.83. The first-order valence-electron chi connectivity index (χ1n) is 9.61. The van der Waals surface area contributed by atoms with Crippen LogP contribution in [0.3, 0.4) is 0 Å². The first kappa shape index (κ1) is 17.3. The molecule has 28 heavy (non-hydrogen) atoms. The van der Waals surface area contributed by atoms with Gasteiger partial charge in [0.2, 0.25) is 25.1 Å². The highest BCUT2D eigenvalue weighted by atomic mass is 16.7. The molecule has 0 saturated heterocycles. The molecule has 0 amide bonds. The van der Waals surface area contributed by atoms with Crippen LogP contribution in [0.15, 0.2) is 12.1 Å². The van der Waals surface area contributed by atoms with Gasteiger partial charge in [0.05, 0.1) is 14.2 Å². The summed E-state index contributed by atoms with van der Waals surface area (Å²) in [5.74, 6) is 5.12. The van der Waals surface area contributed by atoms with E-state index >= 15 is 0 Å². The maximum Gasteiger partial charge on any atom is 0.231 e. The maximum absolute atomic E-state index is 5.86. The zero-order valence-corrected chi connectivity index (χ0v) is 16.6. The molecule has 2 aromatic carbocycles. The maximum atomic E-state index is 5.86. The molecule has 6 nitrogen and oxygen atoms in total. The molecule has 1 aliphatic carbocycles. The van der Waals surface area contributed by atoms with Gasteiger partial charge in [0.1, 0.15) is 0 Å². The first-order chi connectivity index (χ1) is 13.6. The molecule has 148 valence electrons. The number of ether oxygens (including phenoxy) is 6. The van der Waals surface area contributed by atoms with Crippen molar-refractivity contribution in [3.05, 3.63) is 23.3 Å². The Hall–Kier alpha value is -2.76. The monoisotopic (exact) mass is 384 g/mol. The van der Waals surface area contributed by atoms with Gasteiger partial charge in [-0.15, -0.1) is 0 Å². The molecule has 0 unspecified atom stereocenters. The summed E-state index contributed by atoms with van der Waals surface area (Å²) in [5.41, 5.74) is 4.32. The highest BCUT2D eigenvalue weighted by Crippen LogP contribution is 2.57. The van der Waals surface area contributed by atoms with Crippen LogP contribution in [0.5, 0.6) is 34.5 Å². The largest absolute Gasteiger partial charge is 0.492 e. The molecule has 0 N–H and O–H groups in total. The lowest BCUT2D eigenvalue weighted by Crippen LogP contribution is -2.18. The van der Waals surface area contributed by atoms with E-state index in [1.54, 1.807) is 14.2 Å². The van der Waals surface area contributed by atoms with Crippen LogP contribution in [-0.4, -0.2) is 27.8 Å². The Kier molecular flexibility index (Phi) is 3.96. The molecule has 0 bridgehead atoms. The van der Waals surface area contributed by atoms with Crippen molar-refractivity contribution in [3.63, 3.8) is 0 Å². The van der Waals surface area contributed by atoms with Crippen molar-refractivity contribution in [2.75, 3.05) is 27.8 Å². The molecule has 2 aromatic rings. The number of hydrogen-bond donors (Lipinski definition) is 0. The fourth-order valence-electron chi connectivity index (χ4n) is 4.48. The van der Waals surface area contributed by atoms with E-state index in [0.717, 1.165) is 35.5 Å². The highest BCUT2D eigenvalue weighted by Gasteiger charge is 2.35. The molecule has 2 aliphatic heterocycles. The lowest BCUT2D eigenvalue weighted by atomic mass is 9.77. The summed E-state index contributed by atoms with van der Waals surface area (Å²) < 4.78 is 34.6. The molecule has 6 heteroatoms. The van der Waals surface area contributed by atoms with E-state index < -0.39 is 0 Å². The average Bonchev–Trinajstić information content (AvgIpc) is 3.34. The van der Waals surface area contributed by atoms with Crippen LogP contribution < -0.4 is 28.4 Å². The van der Waals surface area contributed by atoms with Crippen LogP contribution >= 0.6 is 0 Å². The molecule has 3 aliphatic rings. The highest BCUT2D eigenvalue weighted by molar-refractivity contribution is 5.88. The van der Waals surface area contributed by atoms with Gasteiger partial charge in [-0.3, -0.25) is 0 Å². The lowest BCUT2D eigenvalue weighted by Gasteiger charge is -2.29. The van der Waals surface area contributed by atoms with E-state index in [2.05, 4.69) is 26.0 Å². The number of methoxy groups -OCH3 is 2. The Morgan fingerprint density at radius 3 is 1.54 bits per heavy atom. The van der Waals surface area contributed by atoms with Crippen LogP contribution in [0.4, 0.5) is 0 Å². The smallest absolute Gasteiger partial charge is 0.231 e. The molecule has 0 saturated carbocycles. The van der Waals surface area contributed by atoms with Crippen molar-refractivity contribution in [3.8, 4) is 45.6 Å². The molecule has 5 rings (SSSR count).